The monoisotopic (exact) mass is 462 g/mol. The van der Waals surface area contributed by atoms with Gasteiger partial charge in [-0.3, -0.25) is 9.59 Å². The molecule has 1 aliphatic heterocycles. The Kier molecular flexibility index (Phi) is 8.63. The molecule has 0 spiro atoms. The summed E-state index contributed by atoms with van der Waals surface area (Å²) in [5, 5.41) is 15.3. The number of nitrogens with one attached hydrogen (secondary N) is 2. The molecule has 3 amide bonds. The van der Waals surface area contributed by atoms with Crippen LogP contribution in [0.1, 0.15) is 37.3 Å². The number of benzene rings is 2. The van der Waals surface area contributed by atoms with Gasteiger partial charge in [-0.25, -0.2) is 4.79 Å². The van der Waals surface area contributed by atoms with Crippen molar-refractivity contribution in [2.24, 2.45) is 5.92 Å². The number of ether oxygens (including phenoxy) is 1. The Morgan fingerprint density at radius 2 is 1.79 bits per heavy atom. The fraction of sp³-hybridized carbons (Fsp3) is 0.385. The van der Waals surface area contributed by atoms with Crippen molar-refractivity contribution < 1.29 is 19.1 Å². The van der Waals surface area contributed by atoms with Gasteiger partial charge in [-0.05, 0) is 23.5 Å². The summed E-state index contributed by atoms with van der Waals surface area (Å²) in [5.41, 5.74) is 0.302. The van der Waals surface area contributed by atoms with Crippen molar-refractivity contribution in [3.63, 3.8) is 0 Å². The second-order valence-corrected chi connectivity index (χ2v) is 8.52. The molecular formula is C26H30N4O4. The Morgan fingerprint density at radius 1 is 1.15 bits per heavy atom. The van der Waals surface area contributed by atoms with Crippen LogP contribution in [0.25, 0.3) is 0 Å². The molecule has 8 heteroatoms. The Hall–Kier alpha value is -3.86. The quantitative estimate of drug-likeness (QED) is 0.563. The highest BCUT2D eigenvalue weighted by Gasteiger charge is 2.50. The lowest BCUT2D eigenvalue weighted by molar-refractivity contribution is -0.144. The third-order valence-corrected chi connectivity index (χ3v) is 5.92. The van der Waals surface area contributed by atoms with Gasteiger partial charge >= 0.3 is 6.09 Å². The molecule has 2 atom stereocenters. The van der Waals surface area contributed by atoms with Crippen molar-refractivity contribution in [1.82, 2.24) is 15.5 Å². The molecule has 1 heterocycles. The molecule has 1 fully saturated rings. The highest BCUT2D eigenvalue weighted by Crippen LogP contribution is 2.28. The van der Waals surface area contributed by atoms with E-state index in [0.717, 1.165) is 11.1 Å². The number of carbonyl (C=O) groups excluding carboxylic acids is 3. The average Bonchev–Trinajstić information content (AvgIpc) is 3.23. The maximum atomic E-state index is 13.3. The molecule has 1 aliphatic rings. The normalized spacial score (nSPS) is 17.8. The molecule has 0 radical (unpaired) electrons. The van der Waals surface area contributed by atoms with E-state index in [-0.39, 0.29) is 37.8 Å². The van der Waals surface area contributed by atoms with Gasteiger partial charge < -0.3 is 20.3 Å². The van der Waals surface area contributed by atoms with E-state index >= 15 is 0 Å². The zero-order chi connectivity index (χ0) is 24.4. The van der Waals surface area contributed by atoms with E-state index in [9.17, 15) is 19.6 Å². The van der Waals surface area contributed by atoms with Crippen LogP contribution in [0.5, 0.6) is 0 Å². The predicted molar refractivity (Wildman–Crippen MR) is 126 cm³/mol. The largest absolute Gasteiger partial charge is 0.450 e. The number of nitrogens with zero attached hydrogens (tertiary/aromatic N) is 2. The maximum absolute atomic E-state index is 13.3. The first kappa shape index (κ1) is 24.8. The van der Waals surface area contributed by atoms with Gasteiger partial charge in [0.2, 0.25) is 11.4 Å². The first-order chi connectivity index (χ1) is 16.4. The molecule has 2 unspecified atom stereocenters. The highest BCUT2D eigenvalue weighted by atomic mass is 16.5. The first-order valence-corrected chi connectivity index (χ1v) is 11.4. The van der Waals surface area contributed by atoms with Crippen LogP contribution < -0.4 is 10.6 Å². The Balaban J connectivity index is 1.54. The predicted octanol–water partition coefficient (Wildman–Crippen LogP) is 3.14. The molecule has 1 saturated heterocycles. The van der Waals surface area contributed by atoms with E-state index in [4.69, 9.17) is 4.74 Å². The van der Waals surface area contributed by atoms with Crippen LogP contribution in [0.2, 0.25) is 0 Å². The summed E-state index contributed by atoms with van der Waals surface area (Å²) in [6, 6.07) is 20.9. The molecule has 2 N–H and O–H groups in total. The van der Waals surface area contributed by atoms with E-state index in [1.54, 1.807) is 0 Å². The third kappa shape index (κ3) is 6.35. The van der Waals surface area contributed by atoms with Crippen LogP contribution in [0.15, 0.2) is 60.7 Å². The topological polar surface area (TPSA) is 112 Å². The number of amides is 3. The van der Waals surface area contributed by atoms with Gasteiger partial charge in [0.1, 0.15) is 6.07 Å². The molecule has 178 valence electrons. The minimum absolute atomic E-state index is 0.104. The van der Waals surface area contributed by atoms with Crippen LogP contribution in [0, 0.1) is 17.2 Å². The fourth-order valence-corrected chi connectivity index (χ4v) is 3.93. The second-order valence-electron chi connectivity index (χ2n) is 8.52. The second kappa shape index (κ2) is 11.8. The number of nitriles is 1. The molecule has 2 aromatic rings. The number of rotatable bonds is 10. The third-order valence-electron chi connectivity index (χ3n) is 5.92. The molecule has 0 bridgehead atoms. The Bertz CT molecular complexity index is 1020. The smallest absolute Gasteiger partial charge is 0.407 e. The average molecular weight is 463 g/mol. The van der Waals surface area contributed by atoms with E-state index < -0.39 is 17.5 Å². The van der Waals surface area contributed by atoms with Crippen molar-refractivity contribution in [3.05, 3.63) is 71.8 Å². The van der Waals surface area contributed by atoms with Crippen molar-refractivity contribution in [2.45, 2.75) is 44.8 Å². The molecule has 8 nitrogen and oxygen atoms in total. The van der Waals surface area contributed by atoms with Crippen molar-refractivity contribution in [2.75, 3.05) is 13.2 Å². The minimum atomic E-state index is -1.51. The van der Waals surface area contributed by atoms with Crippen LogP contribution >= 0.6 is 0 Å². The number of hydrogen-bond donors (Lipinski definition) is 2. The van der Waals surface area contributed by atoms with Gasteiger partial charge in [-0.2, -0.15) is 5.26 Å². The molecule has 0 saturated carbocycles. The lowest BCUT2D eigenvalue weighted by Gasteiger charge is -2.34. The zero-order valence-electron chi connectivity index (χ0n) is 19.3. The summed E-state index contributed by atoms with van der Waals surface area (Å²) in [5.74, 6) is -0.818. The summed E-state index contributed by atoms with van der Waals surface area (Å²) in [7, 11) is 0. The van der Waals surface area contributed by atoms with E-state index in [0.29, 0.717) is 19.5 Å². The summed E-state index contributed by atoms with van der Waals surface area (Å²) in [6.45, 7) is 2.95. The van der Waals surface area contributed by atoms with Crippen molar-refractivity contribution in [3.8, 4) is 6.07 Å². The van der Waals surface area contributed by atoms with Crippen molar-refractivity contribution in [1.29, 1.82) is 5.26 Å². The molecule has 3 rings (SSSR count). The van der Waals surface area contributed by atoms with Crippen LogP contribution in [0.4, 0.5) is 4.79 Å². The zero-order valence-corrected chi connectivity index (χ0v) is 19.3. The van der Waals surface area contributed by atoms with E-state index in [1.165, 1.54) is 4.90 Å². The lowest BCUT2D eigenvalue weighted by Crippen LogP contribution is -2.55. The Morgan fingerprint density at radius 3 is 2.38 bits per heavy atom. The standard InChI is InChI=1S/C26H30N4O4/c1-20(12-15-34-25(33)29-17-21-8-4-2-5-9-21)16-23(31)30(18-22-10-6-3-7-11-22)26(19-27)13-14-28-24(26)32/h2-11,20H,12-18H2,1H3,(H,28,32)(H,29,33). The summed E-state index contributed by atoms with van der Waals surface area (Å²) in [6.07, 6.45) is 0.354. The van der Waals surface area contributed by atoms with Gasteiger partial charge in [0.15, 0.2) is 0 Å². The van der Waals surface area contributed by atoms with Crippen LogP contribution in [0.3, 0.4) is 0 Å². The van der Waals surface area contributed by atoms with Crippen LogP contribution in [-0.2, 0) is 27.4 Å². The fourth-order valence-electron chi connectivity index (χ4n) is 3.93. The van der Waals surface area contributed by atoms with Crippen LogP contribution in [-0.4, -0.2) is 41.5 Å². The van der Waals surface area contributed by atoms with Gasteiger partial charge in [-0.15, -0.1) is 0 Å². The summed E-state index contributed by atoms with van der Waals surface area (Å²) in [4.78, 5) is 39.2. The maximum Gasteiger partial charge on any atom is 0.407 e. The Labute approximate surface area is 199 Å². The van der Waals surface area contributed by atoms with Gasteiger partial charge in [-0.1, -0.05) is 67.6 Å². The summed E-state index contributed by atoms with van der Waals surface area (Å²) < 4.78 is 5.24. The molecule has 0 aliphatic carbocycles. The number of carbonyl (C=O) groups is 3. The molecule has 0 aromatic heterocycles. The molecule has 34 heavy (non-hydrogen) atoms. The highest BCUT2D eigenvalue weighted by molar-refractivity contribution is 5.96. The van der Waals surface area contributed by atoms with Gasteiger partial charge in [0.25, 0.3) is 5.91 Å². The van der Waals surface area contributed by atoms with Crippen molar-refractivity contribution >= 4 is 17.9 Å². The molecular weight excluding hydrogens is 432 g/mol. The van der Waals surface area contributed by atoms with E-state index in [1.807, 2.05) is 67.6 Å². The SMILES string of the molecule is CC(CCOC(=O)NCc1ccccc1)CC(=O)N(Cc1ccccc1)C1(C#N)CCNC1=O. The van der Waals surface area contributed by atoms with Gasteiger partial charge in [0, 0.05) is 32.5 Å². The number of hydrogen-bond acceptors (Lipinski definition) is 5. The first-order valence-electron chi connectivity index (χ1n) is 11.4. The summed E-state index contributed by atoms with van der Waals surface area (Å²) >= 11 is 0. The molecule has 2 aromatic carbocycles. The lowest BCUT2D eigenvalue weighted by atomic mass is 9.94. The number of alkyl carbamates (subject to hydrolysis) is 1. The minimum Gasteiger partial charge on any atom is -0.450 e. The van der Waals surface area contributed by atoms with E-state index in [2.05, 4.69) is 16.7 Å². The van der Waals surface area contributed by atoms with Gasteiger partial charge in [0.05, 0.1) is 6.61 Å².